The summed E-state index contributed by atoms with van der Waals surface area (Å²) >= 11 is 0. The molecule has 0 aliphatic carbocycles. The van der Waals surface area contributed by atoms with Crippen LogP contribution >= 0.6 is 7.75 Å². The van der Waals surface area contributed by atoms with Crippen LogP contribution in [0.2, 0.25) is 0 Å². The number of anilines is 1. The van der Waals surface area contributed by atoms with Crippen LogP contribution in [0.5, 0.6) is 11.5 Å². The zero-order chi connectivity index (χ0) is 67.4. The van der Waals surface area contributed by atoms with Gasteiger partial charge >= 0.3 is 25.7 Å². The van der Waals surface area contributed by atoms with Crippen molar-refractivity contribution in [1.29, 1.82) is 0 Å². The molecule has 2 aliphatic heterocycles. The van der Waals surface area contributed by atoms with Gasteiger partial charge in [-0.25, -0.2) is 24.2 Å². The normalized spacial score (nSPS) is 20.4. The molecule has 2 amide bonds. The fourth-order valence-corrected chi connectivity index (χ4v) is 13.5. The molecule has 0 radical (unpaired) electrons. The molecule has 27 nitrogen and oxygen atoms in total. The maximum Gasteiger partial charge on any atom is 0.409 e. The zero-order valence-corrected chi connectivity index (χ0v) is 55.3. The van der Waals surface area contributed by atoms with Gasteiger partial charge in [0.1, 0.15) is 60.6 Å². The molecule has 0 saturated carbocycles. The van der Waals surface area contributed by atoms with Crippen molar-refractivity contribution < 1.29 is 94.4 Å². The maximum absolute atomic E-state index is 15.9. The van der Waals surface area contributed by atoms with Gasteiger partial charge in [-0.1, -0.05) is 72.8 Å². The van der Waals surface area contributed by atoms with E-state index in [0.717, 1.165) is 30.5 Å². The van der Waals surface area contributed by atoms with E-state index in [1.54, 1.807) is 54.0 Å². The SMILES string of the molecule is COc1ccc(C(OC[C@H]2O[C@@H](n3cnc4c(NC(=O)c5ccccc5)ncnc43)C[C@@H]2OP(=O)(OCCOCCOCCOCCO[C@@H]2O[C@H](COC(C)=O)[C@H](OC(C)=O)[C@H](OC(C)=O)[C@H]2NC(C)=O)N(C(C)C)C(C)C)(c2ccccc2)c2ccc(OC)cc2)cc1. The minimum Gasteiger partial charge on any atom is -0.497 e. The summed E-state index contributed by atoms with van der Waals surface area (Å²) in [6, 6.07) is 32.0. The molecule has 4 heterocycles. The van der Waals surface area contributed by atoms with E-state index in [1.165, 1.54) is 20.2 Å². The first kappa shape index (κ1) is 72.0. The number of carbonyl (C=O) groups excluding carboxylic acids is 5. The summed E-state index contributed by atoms with van der Waals surface area (Å²) in [6.07, 6.45) is -4.58. The van der Waals surface area contributed by atoms with Crippen molar-refractivity contribution in [3.63, 3.8) is 0 Å². The van der Waals surface area contributed by atoms with Gasteiger partial charge in [-0.05, 0) is 80.8 Å². The molecular formula is C66H84N7O20P. The Hall–Kier alpha value is -7.79. The van der Waals surface area contributed by atoms with Crippen molar-refractivity contribution in [1.82, 2.24) is 29.5 Å². The Labute approximate surface area is 546 Å². The third kappa shape index (κ3) is 18.8. The van der Waals surface area contributed by atoms with Crippen LogP contribution in [-0.2, 0) is 85.8 Å². The van der Waals surface area contributed by atoms with Crippen LogP contribution in [0.1, 0.15) is 95.1 Å². The Morgan fingerprint density at radius 2 is 1.20 bits per heavy atom. The van der Waals surface area contributed by atoms with Crippen LogP contribution in [0, 0.1) is 0 Å². The Morgan fingerprint density at radius 1 is 0.649 bits per heavy atom. The van der Waals surface area contributed by atoms with Gasteiger partial charge in [0.2, 0.25) is 5.91 Å². The molecule has 0 bridgehead atoms. The lowest BCUT2D eigenvalue weighted by atomic mass is 9.80. The summed E-state index contributed by atoms with van der Waals surface area (Å²) in [5.74, 6) is -1.49. The Balaban J connectivity index is 0.945. The fourth-order valence-electron chi connectivity index (χ4n) is 11.2. The summed E-state index contributed by atoms with van der Waals surface area (Å²) in [5.41, 5.74) is 2.18. The average Bonchev–Trinajstić information content (AvgIpc) is 1.13. The standard InChI is InChI=1S/C66H84N7O20P/c1-42(2)73(43(3)4)94(79,88-36-34-84-32-30-82-29-31-83-33-35-85-65-58(70-44(5)74)61(90-47(8)77)60(89-46(7)76)56(92-65)38-86-45(6)75)93-54-37-57(72-41-69-59-62(67-40-68-63(59)72)71-64(78)48-17-13-11-14-18-48)91-55(54)39-87-66(49-19-15-12-16-20-49,50-21-25-52(80-9)26-22-50)51-23-27-53(81-10)28-24-51/h11-28,40-43,54-58,60-61,65H,29-39H2,1-10H3,(H,70,74)(H,67,68,71,78)/t54-,55+,56+,57+,58+,60-,61+,65+,94?/m0/s1. The van der Waals surface area contributed by atoms with E-state index in [2.05, 4.69) is 25.6 Å². The monoisotopic (exact) mass is 1330 g/mol. The third-order valence-electron chi connectivity index (χ3n) is 15.2. The molecule has 9 atom stereocenters. The van der Waals surface area contributed by atoms with E-state index in [9.17, 15) is 24.0 Å². The van der Waals surface area contributed by atoms with Crippen molar-refractivity contribution >= 4 is 54.5 Å². The van der Waals surface area contributed by atoms with Crippen molar-refractivity contribution in [3.8, 4) is 11.5 Å². The molecule has 4 aromatic carbocycles. The number of hydrogen-bond acceptors (Lipinski definition) is 23. The predicted molar refractivity (Wildman–Crippen MR) is 339 cm³/mol. The molecule has 2 fully saturated rings. The lowest BCUT2D eigenvalue weighted by Crippen LogP contribution is -2.66. The molecule has 28 heteroatoms. The van der Waals surface area contributed by atoms with Crippen molar-refractivity contribution in [3.05, 3.63) is 144 Å². The number of rotatable bonds is 35. The number of esters is 3. The van der Waals surface area contributed by atoms with E-state index in [0.29, 0.717) is 28.2 Å². The largest absolute Gasteiger partial charge is 0.497 e. The van der Waals surface area contributed by atoms with Gasteiger partial charge in [0.25, 0.3) is 5.91 Å². The number of imidazole rings is 1. The Kier molecular flexibility index (Phi) is 26.5. The van der Waals surface area contributed by atoms with Gasteiger partial charge in [0, 0.05) is 51.8 Å². The third-order valence-corrected chi connectivity index (χ3v) is 17.7. The highest BCUT2D eigenvalue weighted by Gasteiger charge is 2.52. The summed E-state index contributed by atoms with van der Waals surface area (Å²) in [6.45, 7) is 12.4. The molecule has 508 valence electrons. The number of amides is 2. The van der Waals surface area contributed by atoms with Crippen LogP contribution in [0.25, 0.3) is 11.2 Å². The molecule has 6 aromatic rings. The summed E-state index contributed by atoms with van der Waals surface area (Å²) in [7, 11) is -1.05. The van der Waals surface area contributed by atoms with E-state index in [1.807, 2.05) is 113 Å². The van der Waals surface area contributed by atoms with Gasteiger partial charge in [-0.15, -0.1) is 0 Å². The van der Waals surface area contributed by atoms with Crippen molar-refractivity contribution in [2.24, 2.45) is 0 Å². The maximum atomic E-state index is 15.9. The minimum absolute atomic E-state index is 0.0164. The number of methoxy groups -OCH3 is 2. The minimum atomic E-state index is -4.26. The molecule has 1 unspecified atom stereocenters. The number of aromatic nitrogens is 4. The highest BCUT2D eigenvalue weighted by Crippen LogP contribution is 2.57. The summed E-state index contributed by atoms with van der Waals surface area (Å²) in [4.78, 5) is 75.4. The summed E-state index contributed by atoms with van der Waals surface area (Å²) in [5, 5.41) is 5.53. The van der Waals surface area contributed by atoms with Crippen LogP contribution in [-0.4, -0.2) is 189 Å². The topological polar surface area (TPSA) is 303 Å². The predicted octanol–water partition coefficient (Wildman–Crippen LogP) is 7.74. The number of benzene rings is 4. The quantitative estimate of drug-likeness (QED) is 0.0126. The van der Waals surface area contributed by atoms with Gasteiger partial charge in [-0.2, -0.15) is 0 Å². The highest BCUT2D eigenvalue weighted by atomic mass is 31.2. The van der Waals surface area contributed by atoms with Gasteiger partial charge in [0.05, 0.1) is 80.0 Å². The van der Waals surface area contributed by atoms with Gasteiger partial charge in [-0.3, -0.25) is 37.6 Å². The van der Waals surface area contributed by atoms with Crippen LogP contribution < -0.4 is 20.1 Å². The van der Waals surface area contributed by atoms with E-state index in [4.69, 9.17) is 65.9 Å². The van der Waals surface area contributed by atoms with Crippen molar-refractivity contribution in [2.45, 2.75) is 129 Å². The summed E-state index contributed by atoms with van der Waals surface area (Å²) < 4.78 is 104. The second-order valence-electron chi connectivity index (χ2n) is 22.5. The molecule has 2 saturated heterocycles. The number of ether oxygens (including phenoxy) is 12. The number of fused-ring (bicyclic) bond motifs is 1. The van der Waals surface area contributed by atoms with E-state index in [-0.39, 0.29) is 96.3 Å². The van der Waals surface area contributed by atoms with Crippen LogP contribution in [0.4, 0.5) is 5.82 Å². The molecule has 2 N–H and O–H groups in total. The fraction of sp³-hybridized carbons (Fsp3) is 0.485. The first-order chi connectivity index (χ1) is 45.2. The van der Waals surface area contributed by atoms with E-state index >= 15 is 4.57 Å². The van der Waals surface area contributed by atoms with Crippen LogP contribution in [0.3, 0.4) is 0 Å². The molecule has 2 aliphatic rings. The Bertz CT molecular complexity index is 3400. The Morgan fingerprint density at radius 3 is 1.76 bits per heavy atom. The second kappa shape index (κ2) is 34.6. The number of hydrogen-bond donors (Lipinski definition) is 2. The first-order valence-electron chi connectivity index (χ1n) is 30.9. The molecule has 8 rings (SSSR count). The highest BCUT2D eigenvalue weighted by molar-refractivity contribution is 7.51. The molecule has 0 spiro atoms. The number of nitrogens with zero attached hydrogens (tertiary/aromatic N) is 5. The lowest BCUT2D eigenvalue weighted by Gasteiger charge is -2.44. The smallest absolute Gasteiger partial charge is 0.409 e. The molecule has 2 aromatic heterocycles. The second-order valence-corrected chi connectivity index (χ2v) is 24.4. The molecule has 94 heavy (non-hydrogen) atoms. The first-order valence-corrected chi connectivity index (χ1v) is 32.4. The molecular weight excluding hydrogens is 1240 g/mol. The lowest BCUT2D eigenvalue weighted by molar-refractivity contribution is -0.279. The number of nitrogens with one attached hydrogen (secondary N) is 2. The number of carbonyl (C=O) groups is 5. The zero-order valence-electron chi connectivity index (χ0n) is 54.4. The van der Waals surface area contributed by atoms with E-state index < -0.39 is 86.2 Å². The van der Waals surface area contributed by atoms with Gasteiger partial charge < -0.3 is 67.5 Å². The van der Waals surface area contributed by atoms with Crippen molar-refractivity contribution in [2.75, 3.05) is 85.6 Å². The van der Waals surface area contributed by atoms with Crippen LogP contribution in [0.15, 0.2) is 122 Å². The van der Waals surface area contributed by atoms with Gasteiger partial charge in [0.15, 0.2) is 35.5 Å². The average molecular weight is 1330 g/mol.